The number of imidazole rings is 1. The fraction of sp³-hybridized carbons (Fsp3) is 0.364. The Hall–Kier alpha value is -0.790. The van der Waals surface area contributed by atoms with E-state index in [0.29, 0.717) is 21.5 Å². The van der Waals surface area contributed by atoms with E-state index in [4.69, 9.17) is 0 Å². The first-order valence-corrected chi connectivity index (χ1v) is 6.91. The Morgan fingerprint density at radius 1 is 1.33 bits per heavy atom. The summed E-state index contributed by atoms with van der Waals surface area (Å²) in [6.45, 7) is 1.88. The molecule has 5 nitrogen and oxygen atoms in total. The molecule has 0 aromatic carbocycles. The van der Waals surface area contributed by atoms with E-state index in [0.717, 1.165) is 11.4 Å². The van der Waals surface area contributed by atoms with E-state index in [1.54, 1.807) is 17.0 Å². The molecule has 0 radical (unpaired) electrons. The molecule has 0 saturated carbocycles. The van der Waals surface area contributed by atoms with Gasteiger partial charge >= 0.3 is 0 Å². The van der Waals surface area contributed by atoms with Crippen LogP contribution in [-0.2, 0) is 13.5 Å². The summed E-state index contributed by atoms with van der Waals surface area (Å²) in [5, 5.41) is 10.2. The van der Waals surface area contributed by atoms with Crippen molar-refractivity contribution in [3.8, 4) is 0 Å². The van der Waals surface area contributed by atoms with E-state index >= 15 is 0 Å². The summed E-state index contributed by atoms with van der Waals surface area (Å²) in [7, 11) is 1.83. The molecule has 1 unspecified atom stereocenters. The molecule has 2 rings (SSSR count). The van der Waals surface area contributed by atoms with E-state index in [-0.39, 0.29) is 0 Å². The number of aliphatic hydroxyl groups excluding tert-OH is 1. The van der Waals surface area contributed by atoms with E-state index in [9.17, 15) is 5.11 Å². The molecular weight excluding hydrogens is 364 g/mol. The number of hydrogen-bond acceptors (Lipinski definition) is 4. The summed E-state index contributed by atoms with van der Waals surface area (Å²) in [6, 6.07) is 0. The maximum absolute atomic E-state index is 10.2. The zero-order valence-electron chi connectivity index (χ0n) is 9.93. The van der Waals surface area contributed by atoms with Gasteiger partial charge in [-0.25, -0.2) is 4.98 Å². The van der Waals surface area contributed by atoms with Crippen LogP contribution >= 0.6 is 31.9 Å². The van der Waals surface area contributed by atoms with Gasteiger partial charge < -0.3 is 9.67 Å². The summed E-state index contributed by atoms with van der Waals surface area (Å²) >= 11 is 6.65. The number of aromatic nitrogens is 4. The van der Waals surface area contributed by atoms with Crippen LogP contribution in [0, 0.1) is 6.92 Å². The lowest BCUT2D eigenvalue weighted by Crippen LogP contribution is -2.09. The molecule has 0 bridgehead atoms. The molecule has 2 heterocycles. The van der Waals surface area contributed by atoms with Crippen LogP contribution in [0.1, 0.15) is 23.2 Å². The van der Waals surface area contributed by atoms with Crippen LogP contribution < -0.4 is 0 Å². The largest absolute Gasteiger partial charge is 0.386 e. The van der Waals surface area contributed by atoms with Crippen LogP contribution in [0.3, 0.4) is 0 Å². The molecule has 7 heteroatoms. The van der Waals surface area contributed by atoms with Crippen molar-refractivity contribution in [2.75, 3.05) is 0 Å². The molecule has 1 atom stereocenters. The van der Waals surface area contributed by atoms with Gasteiger partial charge in [-0.3, -0.25) is 9.97 Å². The van der Waals surface area contributed by atoms with Crippen LogP contribution in [0.15, 0.2) is 21.7 Å². The highest BCUT2D eigenvalue weighted by molar-refractivity contribution is 9.11. The highest BCUT2D eigenvalue weighted by Gasteiger charge is 2.19. The summed E-state index contributed by atoms with van der Waals surface area (Å²) < 4.78 is 3.08. The van der Waals surface area contributed by atoms with Gasteiger partial charge in [-0.1, -0.05) is 0 Å². The van der Waals surface area contributed by atoms with Crippen molar-refractivity contribution in [1.82, 2.24) is 19.5 Å². The number of aliphatic hydroxyl groups is 1. The van der Waals surface area contributed by atoms with Crippen molar-refractivity contribution in [2.45, 2.75) is 19.4 Å². The third-order valence-corrected chi connectivity index (χ3v) is 3.89. The van der Waals surface area contributed by atoms with Crippen LogP contribution in [0.25, 0.3) is 0 Å². The maximum Gasteiger partial charge on any atom is 0.178 e. The quantitative estimate of drug-likeness (QED) is 0.894. The molecule has 1 N–H and O–H groups in total. The Kier molecular flexibility index (Phi) is 4.14. The molecule has 0 aliphatic carbocycles. The van der Waals surface area contributed by atoms with Crippen LogP contribution in [-0.4, -0.2) is 24.6 Å². The minimum atomic E-state index is -0.680. The van der Waals surface area contributed by atoms with Crippen LogP contribution in [0.5, 0.6) is 0 Å². The Morgan fingerprint density at radius 2 is 2.06 bits per heavy atom. The molecule has 0 fully saturated rings. The van der Waals surface area contributed by atoms with Crippen LogP contribution in [0.2, 0.25) is 0 Å². The molecule has 0 spiro atoms. The second kappa shape index (κ2) is 5.46. The Morgan fingerprint density at radius 3 is 2.56 bits per heavy atom. The molecule has 2 aromatic heterocycles. The number of rotatable bonds is 3. The predicted octanol–water partition coefficient (Wildman–Crippen LogP) is 2.32. The molecule has 0 aliphatic rings. The fourth-order valence-electron chi connectivity index (χ4n) is 1.63. The molecule has 96 valence electrons. The van der Waals surface area contributed by atoms with Crippen molar-refractivity contribution in [3.05, 3.63) is 38.8 Å². The lowest BCUT2D eigenvalue weighted by Gasteiger charge is -2.11. The average Bonchev–Trinajstić information content (AvgIpc) is 2.56. The molecule has 2 aromatic rings. The molecule has 0 aliphatic heterocycles. The Balaban J connectivity index is 2.21. The highest BCUT2D eigenvalue weighted by Crippen LogP contribution is 2.27. The Labute approximate surface area is 122 Å². The molecule has 0 amide bonds. The number of nitrogens with zero attached hydrogens (tertiary/aromatic N) is 4. The monoisotopic (exact) mass is 374 g/mol. The smallest absolute Gasteiger partial charge is 0.178 e. The first-order valence-electron chi connectivity index (χ1n) is 5.32. The topological polar surface area (TPSA) is 63.8 Å². The van der Waals surface area contributed by atoms with Gasteiger partial charge in [0.1, 0.15) is 10.7 Å². The van der Waals surface area contributed by atoms with E-state index in [2.05, 4.69) is 46.8 Å². The zero-order chi connectivity index (χ0) is 13.3. The third kappa shape index (κ3) is 2.78. The van der Waals surface area contributed by atoms with E-state index in [1.165, 1.54) is 0 Å². The summed E-state index contributed by atoms with van der Waals surface area (Å²) in [4.78, 5) is 12.6. The SMILES string of the molecule is Cc1cnc(CC(O)c2c(Br)nc(Br)n2C)cn1. The van der Waals surface area contributed by atoms with Crippen LogP contribution in [0.4, 0.5) is 0 Å². The first-order chi connectivity index (χ1) is 8.49. The second-order valence-corrected chi connectivity index (χ2v) is 5.45. The van der Waals surface area contributed by atoms with Gasteiger partial charge in [0.05, 0.1) is 17.1 Å². The highest BCUT2D eigenvalue weighted by atomic mass is 79.9. The second-order valence-electron chi connectivity index (χ2n) is 3.98. The number of halogens is 2. The molecule has 18 heavy (non-hydrogen) atoms. The van der Waals surface area contributed by atoms with Gasteiger partial charge in [0.2, 0.25) is 0 Å². The van der Waals surface area contributed by atoms with Gasteiger partial charge in [0, 0.05) is 25.9 Å². The van der Waals surface area contributed by atoms with Crippen molar-refractivity contribution in [2.24, 2.45) is 7.05 Å². The predicted molar refractivity (Wildman–Crippen MR) is 74.0 cm³/mol. The van der Waals surface area contributed by atoms with Crippen molar-refractivity contribution in [1.29, 1.82) is 0 Å². The zero-order valence-corrected chi connectivity index (χ0v) is 13.1. The minimum absolute atomic E-state index is 0.401. The van der Waals surface area contributed by atoms with E-state index in [1.807, 2.05) is 14.0 Å². The number of aryl methyl sites for hydroxylation is 1. The van der Waals surface area contributed by atoms with E-state index < -0.39 is 6.10 Å². The van der Waals surface area contributed by atoms with Gasteiger partial charge in [-0.15, -0.1) is 0 Å². The third-order valence-electron chi connectivity index (χ3n) is 2.59. The first kappa shape index (κ1) is 13.6. The van der Waals surface area contributed by atoms with Crippen molar-refractivity contribution < 1.29 is 5.11 Å². The maximum atomic E-state index is 10.2. The number of hydrogen-bond donors (Lipinski definition) is 1. The van der Waals surface area contributed by atoms with Gasteiger partial charge in [0.25, 0.3) is 0 Å². The summed E-state index contributed by atoms with van der Waals surface area (Å²) in [6.07, 6.45) is 3.09. The van der Waals surface area contributed by atoms with Gasteiger partial charge in [0.15, 0.2) is 4.73 Å². The Bertz CT molecular complexity index is 553. The summed E-state index contributed by atoms with van der Waals surface area (Å²) in [5.41, 5.74) is 2.32. The van der Waals surface area contributed by atoms with Gasteiger partial charge in [-0.2, -0.15) is 0 Å². The molecular formula is C11H12Br2N4O. The minimum Gasteiger partial charge on any atom is -0.386 e. The summed E-state index contributed by atoms with van der Waals surface area (Å²) in [5.74, 6) is 0. The molecule has 0 saturated heterocycles. The lowest BCUT2D eigenvalue weighted by atomic mass is 10.1. The lowest BCUT2D eigenvalue weighted by molar-refractivity contribution is 0.167. The van der Waals surface area contributed by atoms with Crippen molar-refractivity contribution >= 4 is 31.9 Å². The average molecular weight is 376 g/mol. The van der Waals surface area contributed by atoms with Crippen molar-refractivity contribution in [3.63, 3.8) is 0 Å². The standard InChI is InChI=1S/C11H12Br2N4O/c1-6-4-15-7(5-14-6)3-8(18)9-10(12)16-11(13)17(9)2/h4-5,8,18H,3H2,1-2H3. The fourth-order valence-corrected chi connectivity index (χ4v) is 2.94. The van der Waals surface area contributed by atoms with Gasteiger partial charge in [-0.05, 0) is 38.8 Å². The normalized spacial score (nSPS) is 12.7.